The van der Waals surface area contributed by atoms with Crippen molar-refractivity contribution < 1.29 is 4.79 Å². The molecule has 1 N–H and O–H groups in total. The molecular weight excluding hydrogens is 338 g/mol. The van der Waals surface area contributed by atoms with Gasteiger partial charge in [-0.1, -0.05) is 53.7 Å². The fraction of sp³-hybridized carbons (Fsp3) is 0.190. The van der Waals surface area contributed by atoms with Crippen LogP contribution in [0.5, 0.6) is 0 Å². The summed E-state index contributed by atoms with van der Waals surface area (Å²) in [5.74, 6) is -0.0646. The summed E-state index contributed by atoms with van der Waals surface area (Å²) in [6.45, 7) is 1.89. The van der Waals surface area contributed by atoms with E-state index in [0.717, 1.165) is 17.5 Å². The van der Waals surface area contributed by atoms with Gasteiger partial charge < -0.3 is 9.88 Å². The Morgan fingerprint density at radius 1 is 1.07 bits per heavy atom. The van der Waals surface area contributed by atoms with E-state index in [4.69, 9.17) is 0 Å². The monoisotopic (exact) mass is 357 g/mol. The van der Waals surface area contributed by atoms with E-state index in [-0.39, 0.29) is 5.91 Å². The molecule has 6 nitrogen and oxygen atoms in total. The molecule has 0 radical (unpaired) electrons. The quantitative estimate of drug-likeness (QED) is 0.613. The molecule has 1 aliphatic heterocycles. The van der Waals surface area contributed by atoms with Crippen LogP contribution in [0, 0.1) is 0 Å². The molecule has 0 atom stereocenters. The van der Waals surface area contributed by atoms with Crippen LogP contribution in [-0.4, -0.2) is 37.3 Å². The summed E-state index contributed by atoms with van der Waals surface area (Å²) >= 11 is 0. The number of hydrogen-bond donors (Lipinski definition) is 1. The van der Waals surface area contributed by atoms with Crippen molar-refractivity contribution in [1.82, 2.24) is 24.9 Å². The number of aromatic amines is 1. The maximum absolute atomic E-state index is 12.9. The highest BCUT2D eigenvalue weighted by molar-refractivity contribution is 5.93. The molecule has 134 valence electrons. The third-order valence-corrected chi connectivity index (χ3v) is 5.12. The Labute approximate surface area is 156 Å². The van der Waals surface area contributed by atoms with Gasteiger partial charge in [-0.25, -0.2) is 4.68 Å². The molecule has 1 aliphatic rings. The second-order valence-corrected chi connectivity index (χ2v) is 6.89. The van der Waals surface area contributed by atoms with Crippen molar-refractivity contribution in [3.05, 3.63) is 83.3 Å². The Morgan fingerprint density at radius 2 is 1.89 bits per heavy atom. The molecular formula is C21H19N5O. The van der Waals surface area contributed by atoms with Gasteiger partial charge in [-0.05, 0) is 11.6 Å². The lowest BCUT2D eigenvalue weighted by Gasteiger charge is -2.26. The fourth-order valence-corrected chi connectivity index (χ4v) is 3.75. The van der Waals surface area contributed by atoms with Crippen molar-refractivity contribution in [3.63, 3.8) is 0 Å². The number of nitrogens with zero attached hydrogens (tertiary/aromatic N) is 4. The van der Waals surface area contributed by atoms with Crippen LogP contribution >= 0.6 is 0 Å². The average molecular weight is 357 g/mol. The van der Waals surface area contributed by atoms with E-state index in [1.54, 1.807) is 10.9 Å². The van der Waals surface area contributed by atoms with Crippen LogP contribution in [0.15, 0.2) is 60.8 Å². The smallest absolute Gasteiger partial charge is 0.276 e. The Kier molecular flexibility index (Phi) is 3.74. The van der Waals surface area contributed by atoms with Crippen molar-refractivity contribution >= 4 is 16.8 Å². The van der Waals surface area contributed by atoms with Crippen LogP contribution in [0.4, 0.5) is 0 Å². The molecule has 0 spiro atoms. The Hall–Kier alpha value is -3.41. The summed E-state index contributed by atoms with van der Waals surface area (Å²) < 4.78 is 1.71. The number of rotatable bonds is 3. The number of aromatic nitrogens is 4. The first-order valence-electron chi connectivity index (χ1n) is 9.10. The first-order valence-corrected chi connectivity index (χ1v) is 9.10. The maximum atomic E-state index is 12.9. The first kappa shape index (κ1) is 15.8. The molecule has 0 aliphatic carbocycles. The SMILES string of the molecule is O=C(c1cn(Cc2ccccc2)nn1)N1CCc2[nH]c3ccccc3c2C1. The van der Waals surface area contributed by atoms with Crippen LogP contribution in [-0.2, 0) is 19.5 Å². The van der Waals surface area contributed by atoms with Crippen molar-refractivity contribution in [1.29, 1.82) is 0 Å². The van der Waals surface area contributed by atoms with Gasteiger partial charge in [0.15, 0.2) is 5.69 Å². The van der Waals surface area contributed by atoms with Gasteiger partial charge >= 0.3 is 0 Å². The molecule has 4 aromatic rings. The number of amides is 1. The minimum atomic E-state index is -0.0646. The van der Waals surface area contributed by atoms with Crippen molar-refractivity contribution in [2.75, 3.05) is 6.54 Å². The lowest BCUT2D eigenvalue weighted by Crippen LogP contribution is -2.36. The van der Waals surface area contributed by atoms with Crippen molar-refractivity contribution in [2.45, 2.75) is 19.5 Å². The largest absolute Gasteiger partial charge is 0.358 e. The molecule has 0 saturated carbocycles. The summed E-state index contributed by atoms with van der Waals surface area (Å²) in [6, 6.07) is 18.3. The molecule has 0 fully saturated rings. The third kappa shape index (κ3) is 2.89. The second kappa shape index (κ2) is 6.39. The highest BCUT2D eigenvalue weighted by Gasteiger charge is 2.26. The minimum Gasteiger partial charge on any atom is -0.358 e. The molecule has 0 bridgehead atoms. The van der Waals surface area contributed by atoms with E-state index in [9.17, 15) is 4.79 Å². The lowest BCUT2D eigenvalue weighted by molar-refractivity contribution is 0.0729. The minimum absolute atomic E-state index is 0.0646. The van der Waals surface area contributed by atoms with Crippen LogP contribution in [0.3, 0.4) is 0 Å². The number of nitrogens with one attached hydrogen (secondary N) is 1. The number of carbonyl (C=O) groups excluding carboxylic acids is 1. The number of carbonyl (C=O) groups is 1. The number of fused-ring (bicyclic) bond motifs is 3. The number of benzene rings is 2. The van der Waals surface area contributed by atoms with E-state index < -0.39 is 0 Å². The van der Waals surface area contributed by atoms with Crippen LogP contribution in [0.25, 0.3) is 10.9 Å². The van der Waals surface area contributed by atoms with Gasteiger partial charge in [-0.2, -0.15) is 0 Å². The van der Waals surface area contributed by atoms with Gasteiger partial charge in [0.1, 0.15) is 0 Å². The predicted molar refractivity (Wildman–Crippen MR) is 102 cm³/mol. The van der Waals surface area contributed by atoms with Gasteiger partial charge in [0.2, 0.25) is 0 Å². The van der Waals surface area contributed by atoms with Gasteiger partial charge in [-0.3, -0.25) is 4.79 Å². The summed E-state index contributed by atoms with van der Waals surface area (Å²) in [7, 11) is 0. The fourth-order valence-electron chi connectivity index (χ4n) is 3.75. The zero-order valence-corrected chi connectivity index (χ0v) is 14.8. The van der Waals surface area contributed by atoms with Gasteiger partial charge in [-0.15, -0.1) is 5.10 Å². The standard InChI is InChI=1S/C21H19N5O/c27-21(20-14-26(24-23-20)12-15-6-2-1-3-7-15)25-11-10-19-17(13-25)16-8-4-5-9-18(16)22-19/h1-9,14,22H,10-13H2. The second-order valence-electron chi connectivity index (χ2n) is 6.89. The Balaban J connectivity index is 1.36. The molecule has 6 heteroatoms. The Morgan fingerprint density at radius 3 is 2.78 bits per heavy atom. The molecule has 1 amide bonds. The van der Waals surface area contributed by atoms with Crippen LogP contribution in [0.1, 0.15) is 27.3 Å². The summed E-state index contributed by atoms with van der Waals surface area (Å²) in [5, 5.41) is 9.42. The van der Waals surface area contributed by atoms with Gasteiger partial charge in [0.05, 0.1) is 12.7 Å². The molecule has 5 rings (SSSR count). The normalized spacial score (nSPS) is 13.7. The number of para-hydroxylation sites is 1. The molecule has 0 unspecified atom stereocenters. The molecule has 3 heterocycles. The van der Waals surface area contributed by atoms with E-state index in [2.05, 4.69) is 27.4 Å². The molecule has 2 aromatic carbocycles. The molecule has 27 heavy (non-hydrogen) atoms. The molecule has 2 aromatic heterocycles. The van der Waals surface area contributed by atoms with E-state index >= 15 is 0 Å². The predicted octanol–water partition coefficient (Wildman–Crippen LogP) is 3.01. The maximum Gasteiger partial charge on any atom is 0.276 e. The summed E-state index contributed by atoms with van der Waals surface area (Å²) in [6.07, 6.45) is 2.56. The van der Waals surface area contributed by atoms with Crippen LogP contribution < -0.4 is 0 Å². The highest BCUT2D eigenvalue weighted by atomic mass is 16.2. The third-order valence-electron chi connectivity index (χ3n) is 5.12. The lowest BCUT2D eigenvalue weighted by atomic mass is 10.0. The number of H-pyrrole nitrogens is 1. The summed E-state index contributed by atoms with van der Waals surface area (Å²) in [4.78, 5) is 18.3. The zero-order valence-electron chi connectivity index (χ0n) is 14.8. The van der Waals surface area contributed by atoms with Crippen LogP contribution in [0.2, 0.25) is 0 Å². The molecule has 0 saturated heterocycles. The van der Waals surface area contributed by atoms with E-state index in [0.29, 0.717) is 25.3 Å². The van der Waals surface area contributed by atoms with E-state index in [1.807, 2.05) is 47.4 Å². The van der Waals surface area contributed by atoms with E-state index in [1.165, 1.54) is 16.6 Å². The van der Waals surface area contributed by atoms with Gasteiger partial charge in [0, 0.05) is 41.7 Å². The summed E-state index contributed by atoms with van der Waals surface area (Å²) in [5.41, 5.74) is 5.09. The highest BCUT2D eigenvalue weighted by Crippen LogP contribution is 2.28. The Bertz CT molecular complexity index is 1110. The van der Waals surface area contributed by atoms with Crippen molar-refractivity contribution in [3.8, 4) is 0 Å². The topological polar surface area (TPSA) is 66.8 Å². The zero-order chi connectivity index (χ0) is 18.2. The average Bonchev–Trinajstić information content (AvgIpc) is 3.32. The van der Waals surface area contributed by atoms with Gasteiger partial charge in [0.25, 0.3) is 5.91 Å². The first-order chi connectivity index (χ1) is 13.3. The van der Waals surface area contributed by atoms with Crippen molar-refractivity contribution in [2.24, 2.45) is 0 Å². The number of hydrogen-bond acceptors (Lipinski definition) is 3.